The number of anilines is 4. The van der Waals surface area contributed by atoms with Gasteiger partial charge in [-0.05, 0) is 50.6 Å². The highest BCUT2D eigenvalue weighted by molar-refractivity contribution is 5.95. The van der Waals surface area contributed by atoms with Crippen LogP contribution in [0.4, 0.5) is 28.7 Å². The lowest BCUT2D eigenvalue weighted by Crippen LogP contribution is -2.20. The molecular weight excluding hydrogens is 370 g/mol. The average molecular weight is 391 g/mol. The first-order valence-electron chi connectivity index (χ1n) is 9.12. The molecule has 0 saturated heterocycles. The third-order valence-electron chi connectivity index (χ3n) is 4.40. The Hall–Kier alpha value is -3.81. The Morgan fingerprint density at radius 3 is 2.59 bits per heavy atom. The number of aromatic nitrogens is 2. The number of Topliss-reactive ketones (excluding diaryl/α,β-unsaturated/α-hetero) is 1. The summed E-state index contributed by atoms with van der Waals surface area (Å²) in [7, 11) is 0. The van der Waals surface area contributed by atoms with Crippen molar-refractivity contribution < 1.29 is 9.72 Å². The lowest BCUT2D eigenvalue weighted by molar-refractivity contribution is -0.383. The number of nitro groups is 1. The number of rotatable bonds is 7. The molecule has 0 fully saturated rings. The minimum Gasteiger partial charge on any atom is -0.334 e. The second-order valence-corrected chi connectivity index (χ2v) is 6.50. The third-order valence-corrected chi connectivity index (χ3v) is 4.40. The molecule has 0 aliphatic heterocycles. The second kappa shape index (κ2) is 8.47. The average Bonchev–Trinajstić information content (AvgIpc) is 2.69. The van der Waals surface area contributed by atoms with Gasteiger partial charge in [0, 0.05) is 23.5 Å². The van der Waals surface area contributed by atoms with Gasteiger partial charge in [-0.25, -0.2) is 9.97 Å². The first-order chi connectivity index (χ1) is 13.9. The Kier molecular flexibility index (Phi) is 5.82. The van der Waals surface area contributed by atoms with E-state index >= 15 is 0 Å². The number of nitrogens with zero attached hydrogens (tertiary/aromatic N) is 4. The number of nitrogens with one attached hydrogen (secondary N) is 1. The molecular formula is C21H21N5O3. The molecule has 2 aromatic carbocycles. The van der Waals surface area contributed by atoms with E-state index in [1.54, 1.807) is 29.2 Å². The van der Waals surface area contributed by atoms with Crippen molar-refractivity contribution in [2.45, 2.75) is 20.8 Å². The maximum atomic E-state index is 11.9. The van der Waals surface area contributed by atoms with Gasteiger partial charge in [-0.2, -0.15) is 0 Å². The number of aryl methyl sites for hydroxylation is 1. The van der Waals surface area contributed by atoms with Gasteiger partial charge < -0.3 is 10.2 Å². The summed E-state index contributed by atoms with van der Waals surface area (Å²) in [6, 6.07) is 14.4. The van der Waals surface area contributed by atoms with Crippen LogP contribution in [0.5, 0.6) is 0 Å². The van der Waals surface area contributed by atoms with Crippen molar-refractivity contribution >= 4 is 34.5 Å². The van der Waals surface area contributed by atoms with Crippen LogP contribution in [0.15, 0.2) is 54.9 Å². The lowest BCUT2D eigenvalue weighted by Gasteiger charge is -2.22. The minimum absolute atomic E-state index is 0.0619. The summed E-state index contributed by atoms with van der Waals surface area (Å²) in [5.41, 5.74) is 2.64. The van der Waals surface area contributed by atoms with Crippen LogP contribution in [-0.4, -0.2) is 27.2 Å². The van der Waals surface area contributed by atoms with Crippen LogP contribution in [0.25, 0.3) is 0 Å². The fourth-order valence-electron chi connectivity index (χ4n) is 3.03. The molecule has 0 saturated carbocycles. The van der Waals surface area contributed by atoms with Crippen LogP contribution < -0.4 is 10.2 Å². The molecule has 1 aromatic heterocycles. The molecule has 0 aliphatic rings. The van der Waals surface area contributed by atoms with Gasteiger partial charge in [-0.3, -0.25) is 14.9 Å². The number of benzene rings is 2. The smallest absolute Gasteiger partial charge is 0.334 e. The van der Waals surface area contributed by atoms with E-state index in [-0.39, 0.29) is 23.1 Å². The van der Waals surface area contributed by atoms with E-state index in [1.165, 1.54) is 13.3 Å². The van der Waals surface area contributed by atoms with E-state index in [4.69, 9.17) is 0 Å². The van der Waals surface area contributed by atoms with Crippen LogP contribution in [0.2, 0.25) is 0 Å². The number of ketones is 1. The number of carbonyl (C=O) groups is 1. The maximum absolute atomic E-state index is 11.9. The van der Waals surface area contributed by atoms with Crippen molar-refractivity contribution in [3.05, 3.63) is 76.1 Å². The van der Waals surface area contributed by atoms with Crippen molar-refractivity contribution in [2.75, 3.05) is 16.8 Å². The summed E-state index contributed by atoms with van der Waals surface area (Å²) in [6.45, 7) is 5.81. The van der Waals surface area contributed by atoms with Gasteiger partial charge >= 0.3 is 5.69 Å². The van der Waals surface area contributed by atoms with Crippen LogP contribution in [-0.2, 0) is 0 Å². The van der Waals surface area contributed by atoms with E-state index in [0.717, 1.165) is 11.3 Å². The van der Waals surface area contributed by atoms with Gasteiger partial charge in [0.2, 0.25) is 11.6 Å². The first-order valence-corrected chi connectivity index (χ1v) is 9.12. The highest BCUT2D eigenvalue weighted by atomic mass is 16.6. The molecule has 29 heavy (non-hydrogen) atoms. The van der Waals surface area contributed by atoms with Crippen molar-refractivity contribution in [3.63, 3.8) is 0 Å². The predicted octanol–water partition coefficient (Wildman–Crippen LogP) is 4.80. The molecule has 3 rings (SSSR count). The van der Waals surface area contributed by atoms with Crippen LogP contribution in [0.3, 0.4) is 0 Å². The standard InChI is InChI=1S/C21H21N5O3/c1-4-25(18-10-5-7-14(2)11-18)21-19(26(28)29)20(22-13-23-21)24-17-9-6-8-16(12-17)15(3)27/h5-13H,4H2,1-3H3,(H,22,23,24). The van der Waals surface area contributed by atoms with Crippen molar-refractivity contribution in [1.82, 2.24) is 9.97 Å². The zero-order valence-electron chi connectivity index (χ0n) is 16.4. The van der Waals surface area contributed by atoms with E-state index in [9.17, 15) is 14.9 Å². The molecule has 8 heteroatoms. The van der Waals surface area contributed by atoms with E-state index < -0.39 is 4.92 Å². The highest BCUT2D eigenvalue weighted by Gasteiger charge is 2.27. The van der Waals surface area contributed by atoms with Gasteiger partial charge in [-0.1, -0.05) is 24.3 Å². The Bertz CT molecular complexity index is 1070. The van der Waals surface area contributed by atoms with Crippen molar-refractivity contribution in [3.8, 4) is 0 Å². The van der Waals surface area contributed by atoms with Crippen molar-refractivity contribution in [1.29, 1.82) is 0 Å². The van der Waals surface area contributed by atoms with E-state index in [1.807, 2.05) is 38.1 Å². The molecule has 0 unspecified atom stereocenters. The molecule has 8 nitrogen and oxygen atoms in total. The van der Waals surface area contributed by atoms with Gasteiger partial charge in [0.05, 0.1) is 4.92 Å². The Labute approximate surface area is 168 Å². The molecule has 1 N–H and O–H groups in total. The topological polar surface area (TPSA) is 101 Å². The molecule has 0 spiro atoms. The predicted molar refractivity (Wildman–Crippen MR) is 112 cm³/mol. The summed E-state index contributed by atoms with van der Waals surface area (Å²) in [5, 5.41) is 14.9. The lowest BCUT2D eigenvalue weighted by atomic mass is 10.1. The van der Waals surface area contributed by atoms with E-state index in [2.05, 4.69) is 15.3 Å². The van der Waals surface area contributed by atoms with Crippen molar-refractivity contribution in [2.24, 2.45) is 0 Å². The molecule has 0 atom stereocenters. The molecule has 0 aliphatic carbocycles. The molecule has 148 valence electrons. The number of hydrogen-bond donors (Lipinski definition) is 1. The van der Waals surface area contributed by atoms with Crippen LogP contribution in [0.1, 0.15) is 29.8 Å². The zero-order valence-corrected chi connectivity index (χ0v) is 16.4. The van der Waals surface area contributed by atoms with Crippen LogP contribution in [0, 0.1) is 17.0 Å². The molecule has 0 bridgehead atoms. The zero-order chi connectivity index (χ0) is 21.0. The summed E-state index contributed by atoms with van der Waals surface area (Å²) < 4.78 is 0. The van der Waals surface area contributed by atoms with E-state index in [0.29, 0.717) is 17.8 Å². The van der Waals surface area contributed by atoms with Gasteiger partial charge in [0.15, 0.2) is 5.78 Å². The minimum atomic E-state index is -0.495. The van der Waals surface area contributed by atoms with Gasteiger partial charge in [-0.15, -0.1) is 0 Å². The molecule has 0 radical (unpaired) electrons. The Balaban J connectivity index is 2.07. The Morgan fingerprint density at radius 2 is 1.93 bits per heavy atom. The monoisotopic (exact) mass is 391 g/mol. The summed E-state index contributed by atoms with van der Waals surface area (Å²) in [6.07, 6.45) is 1.29. The van der Waals surface area contributed by atoms with Crippen LogP contribution >= 0.6 is 0 Å². The number of hydrogen-bond acceptors (Lipinski definition) is 7. The molecule has 3 aromatic rings. The third kappa shape index (κ3) is 4.37. The number of carbonyl (C=O) groups excluding carboxylic acids is 1. The first kappa shape index (κ1) is 19.9. The largest absolute Gasteiger partial charge is 0.354 e. The van der Waals surface area contributed by atoms with Gasteiger partial charge in [0.25, 0.3) is 0 Å². The fourth-order valence-corrected chi connectivity index (χ4v) is 3.03. The summed E-state index contributed by atoms with van der Waals surface area (Å²) in [5.74, 6) is 0.165. The highest BCUT2D eigenvalue weighted by Crippen LogP contribution is 2.37. The van der Waals surface area contributed by atoms with Gasteiger partial charge in [0.1, 0.15) is 6.33 Å². The normalized spacial score (nSPS) is 10.4. The summed E-state index contributed by atoms with van der Waals surface area (Å²) >= 11 is 0. The Morgan fingerprint density at radius 1 is 1.17 bits per heavy atom. The quantitative estimate of drug-likeness (QED) is 0.351. The molecule has 1 heterocycles. The maximum Gasteiger partial charge on any atom is 0.354 e. The SMILES string of the molecule is CCN(c1cccc(C)c1)c1ncnc(Nc2cccc(C(C)=O)c2)c1[N+](=O)[O-]. The summed E-state index contributed by atoms with van der Waals surface area (Å²) in [4.78, 5) is 33.1. The second-order valence-electron chi connectivity index (χ2n) is 6.50. The molecule has 0 amide bonds. The fraction of sp³-hybridized carbons (Fsp3) is 0.190.